The number of nitrogens with one attached hydrogen (secondary N) is 3. The van der Waals surface area contributed by atoms with Gasteiger partial charge in [0, 0.05) is 48.1 Å². The first kappa shape index (κ1) is 26.5. The Morgan fingerprint density at radius 1 is 1.15 bits per heavy atom. The van der Waals surface area contributed by atoms with Crippen LogP contribution in [0.1, 0.15) is 19.3 Å². The molecule has 4 aliphatic heterocycles. The van der Waals surface area contributed by atoms with E-state index in [0.717, 1.165) is 18.9 Å². The highest BCUT2D eigenvalue weighted by Crippen LogP contribution is 2.48. The molecule has 0 saturated carbocycles. The van der Waals surface area contributed by atoms with Gasteiger partial charge in [0.05, 0.1) is 16.3 Å². The summed E-state index contributed by atoms with van der Waals surface area (Å²) in [6.45, 7) is 5.27. The average Bonchev–Trinajstić information content (AvgIpc) is 3.32. The lowest BCUT2D eigenvalue weighted by atomic mass is 9.86. The zero-order valence-corrected chi connectivity index (χ0v) is 22.5. The number of carbonyl (C=O) groups excluding carboxylic acids is 3. The van der Waals surface area contributed by atoms with Gasteiger partial charge in [0.2, 0.25) is 5.91 Å². The largest absolute Gasteiger partial charge is 0.347 e. The van der Waals surface area contributed by atoms with Crippen LogP contribution in [0.3, 0.4) is 0 Å². The summed E-state index contributed by atoms with van der Waals surface area (Å²) >= 11 is 1.42. The number of hydrogen-bond acceptors (Lipinski definition) is 5. The standard InChI is InChI=1S/C29H29F2N5O3S/c1-2-23(37)35-12-4-6-18(15-35)33-27(38)26-25-24-22(10-11-32-28(24)40-26)36(29(39)34-25)19-7-3-5-16(13-19)20-9-8-17(30)14-21(20)31/h2-3,5,7-9,13-14,18,22,24,28,32H,1,4,6,10-12,15H2,(H,33,38)(H,34,39)/t18-,22?,24?,28?/m1/s1. The predicted molar refractivity (Wildman–Crippen MR) is 149 cm³/mol. The van der Waals surface area contributed by atoms with Crippen LogP contribution in [0.25, 0.3) is 11.1 Å². The van der Waals surface area contributed by atoms with Crippen LogP contribution in [0.5, 0.6) is 0 Å². The summed E-state index contributed by atoms with van der Waals surface area (Å²) in [5.41, 5.74) is 1.99. The van der Waals surface area contributed by atoms with Gasteiger partial charge in [0.15, 0.2) is 0 Å². The number of amides is 4. The van der Waals surface area contributed by atoms with E-state index in [2.05, 4.69) is 22.5 Å². The summed E-state index contributed by atoms with van der Waals surface area (Å²) in [4.78, 5) is 42.9. The zero-order chi connectivity index (χ0) is 28.0. The summed E-state index contributed by atoms with van der Waals surface area (Å²) in [5.74, 6) is -1.88. The molecular formula is C29H29F2N5O3S. The fraction of sp³-hybridized carbons (Fsp3) is 0.345. The monoisotopic (exact) mass is 565 g/mol. The molecule has 0 aliphatic carbocycles. The molecule has 4 amide bonds. The first-order valence-electron chi connectivity index (χ1n) is 13.4. The maximum atomic E-state index is 14.5. The van der Waals surface area contributed by atoms with Crippen LogP contribution >= 0.6 is 11.8 Å². The van der Waals surface area contributed by atoms with Crippen molar-refractivity contribution in [2.24, 2.45) is 5.92 Å². The van der Waals surface area contributed by atoms with Crippen molar-refractivity contribution in [2.75, 3.05) is 24.5 Å². The summed E-state index contributed by atoms with van der Waals surface area (Å²) < 4.78 is 28.0. The first-order chi connectivity index (χ1) is 19.3. The Morgan fingerprint density at radius 3 is 2.80 bits per heavy atom. The molecule has 208 valence electrons. The number of hydrogen-bond donors (Lipinski definition) is 3. The molecule has 6 rings (SSSR count). The third-order valence-corrected chi connectivity index (χ3v) is 9.31. The van der Waals surface area contributed by atoms with E-state index in [1.165, 1.54) is 30.0 Å². The molecule has 8 nitrogen and oxygen atoms in total. The molecule has 4 aliphatic rings. The van der Waals surface area contributed by atoms with Crippen molar-refractivity contribution in [3.05, 3.63) is 77.4 Å². The number of thioether (sulfide) groups is 1. The van der Waals surface area contributed by atoms with Gasteiger partial charge in [-0.2, -0.15) is 0 Å². The van der Waals surface area contributed by atoms with E-state index in [1.54, 1.807) is 34.1 Å². The molecule has 0 bridgehead atoms. The number of benzene rings is 2. The van der Waals surface area contributed by atoms with Gasteiger partial charge in [-0.3, -0.25) is 14.5 Å². The van der Waals surface area contributed by atoms with Crippen LogP contribution < -0.4 is 20.9 Å². The quantitative estimate of drug-likeness (QED) is 0.481. The van der Waals surface area contributed by atoms with Crippen LogP contribution in [-0.2, 0) is 9.59 Å². The minimum Gasteiger partial charge on any atom is -0.347 e. The van der Waals surface area contributed by atoms with E-state index in [1.807, 2.05) is 0 Å². The molecule has 4 atom stereocenters. The summed E-state index contributed by atoms with van der Waals surface area (Å²) in [6, 6.07) is 9.68. The lowest BCUT2D eigenvalue weighted by Crippen LogP contribution is -2.62. The van der Waals surface area contributed by atoms with Gasteiger partial charge >= 0.3 is 6.03 Å². The minimum atomic E-state index is -0.676. The van der Waals surface area contributed by atoms with Crippen LogP contribution in [0.4, 0.5) is 19.3 Å². The maximum absolute atomic E-state index is 14.5. The zero-order valence-electron chi connectivity index (χ0n) is 21.7. The molecule has 2 aromatic carbocycles. The first-order valence-corrected chi connectivity index (χ1v) is 14.2. The van der Waals surface area contributed by atoms with E-state index in [0.29, 0.717) is 47.9 Å². The molecular weight excluding hydrogens is 536 g/mol. The molecule has 0 spiro atoms. The topological polar surface area (TPSA) is 93.8 Å². The van der Waals surface area contributed by atoms with E-state index in [-0.39, 0.29) is 46.8 Å². The summed E-state index contributed by atoms with van der Waals surface area (Å²) in [5, 5.41) is 9.44. The van der Waals surface area contributed by atoms with Crippen molar-refractivity contribution >= 4 is 35.3 Å². The van der Waals surface area contributed by atoms with Crippen molar-refractivity contribution in [1.82, 2.24) is 20.9 Å². The summed E-state index contributed by atoms with van der Waals surface area (Å²) in [6.07, 6.45) is 3.50. The highest BCUT2D eigenvalue weighted by molar-refractivity contribution is 8.04. The Balaban J connectivity index is 1.26. The second-order valence-electron chi connectivity index (χ2n) is 10.4. The van der Waals surface area contributed by atoms with Crippen molar-refractivity contribution in [3.63, 3.8) is 0 Å². The molecule has 40 heavy (non-hydrogen) atoms. The Bertz CT molecular complexity index is 1430. The number of nitrogens with zero attached hydrogens (tertiary/aromatic N) is 2. The number of anilines is 1. The van der Waals surface area contributed by atoms with E-state index in [9.17, 15) is 23.2 Å². The Morgan fingerprint density at radius 2 is 2.00 bits per heavy atom. The average molecular weight is 566 g/mol. The number of likely N-dealkylation sites (tertiary alicyclic amines) is 1. The summed E-state index contributed by atoms with van der Waals surface area (Å²) in [7, 11) is 0. The van der Waals surface area contributed by atoms with E-state index in [4.69, 9.17) is 0 Å². The van der Waals surface area contributed by atoms with E-state index < -0.39 is 11.6 Å². The van der Waals surface area contributed by atoms with Gasteiger partial charge in [-0.05, 0) is 61.7 Å². The van der Waals surface area contributed by atoms with Gasteiger partial charge in [-0.1, -0.05) is 30.5 Å². The van der Waals surface area contributed by atoms with Gasteiger partial charge in [0.1, 0.15) is 11.6 Å². The Labute approximate surface area is 234 Å². The maximum Gasteiger partial charge on any atom is 0.326 e. The van der Waals surface area contributed by atoms with Crippen molar-refractivity contribution < 1.29 is 23.2 Å². The molecule has 2 aromatic rings. The third kappa shape index (κ3) is 4.77. The molecule has 3 fully saturated rings. The lowest BCUT2D eigenvalue weighted by Gasteiger charge is -2.45. The smallest absolute Gasteiger partial charge is 0.326 e. The van der Waals surface area contributed by atoms with Crippen molar-refractivity contribution in [1.29, 1.82) is 0 Å². The van der Waals surface area contributed by atoms with Crippen LogP contribution in [0.15, 0.2) is 65.7 Å². The van der Waals surface area contributed by atoms with E-state index >= 15 is 0 Å². The molecule has 11 heteroatoms. The second kappa shape index (κ2) is 10.7. The van der Waals surface area contributed by atoms with Gasteiger partial charge < -0.3 is 20.9 Å². The number of carbonyl (C=O) groups is 3. The lowest BCUT2D eigenvalue weighted by molar-refractivity contribution is -0.128. The molecule has 3 N–H and O–H groups in total. The van der Waals surface area contributed by atoms with Crippen LogP contribution in [-0.4, -0.2) is 59.8 Å². The number of halogens is 2. The normalized spacial score (nSPS) is 25.8. The highest BCUT2D eigenvalue weighted by Gasteiger charge is 2.51. The van der Waals surface area contributed by atoms with Crippen molar-refractivity contribution in [3.8, 4) is 11.1 Å². The molecule has 0 radical (unpaired) electrons. The highest BCUT2D eigenvalue weighted by atomic mass is 32.2. The number of rotatable bonds is 5. The molecule has 3 saturated heterocycles. The molecule has 0 aromatic heterocycles. The van der Waals surface area contributed by atoms with Crippen molar-refractivity contribution in [2.45, 2.75) is 36.7 Å². The van der Waals surface area contributed by atoms with Crippen LogP contribution in [0.2, 0.25) is 0 Å². The SMILES string of the molecule is C=CC(=O)N1CCC[C@@H](NC(=O)C2=C3NC(=O)N(c4cccc(-c5ccc(F)cc5F)c4)C4CCNC(S2)C34)C1. The Kier molecular flexibility index (Phi) is 7.09. The second-order valence-corrected chi connectivity index (χ2v) is 11.5. The minimum absolute atomic E-state index is 0.0967. The Hall–Kier alpha value is -3.70. The number of urea groups is 1. The van der Waals surface area contributed by atoms with Gasteiger partial charge in [-0.15, -0.1) is 0 Å². The molecule has 3 unspecified atom stereocenters. The predicted octanol–water partition coefficient (Wildman–Crippen LogP) is 3.72. The van der Waals surface area contributed by atoms with Gasteiger partial charge in [0.25, 0.3) is 5.91 Å². The molecule has 4 heterocycles. The van der Waals surface area contributed by atoms with Crippen LogP contribution in [0, 0.1) is 17.6 Å². The fourth-order valence-electron chi connectivity index (χ4n) is 6.14. The number of piperidine rings is 2. The third-order valence-electron chi connectivity index (χ3n) is 7.96. The fourth-order valence-corrected chi connectivity index (χ4v) is 7.54. The van der Waals surface area contributed by atoms with Gasteiger partial charge in [-0.25, -0.2) is 13.6 Å².